The van der Waals surface area contributed by atoms with E-state index in [9.17, 15) is 4.39 Å². The van der Waals surface area contributed by atoms with E-state index in [-0.39, 0.29) is 17.4 Å². The minimum absolute atomic E-state index is 0.0984. The molecular weight excluding hydrogens is 383 g/mol. The summed E-state index contributed by atoms with van der Waals surface area (Å²) in [5.74, 6) is 0.786. The minimum Gasteiger partial charge on any atom is -0.373 e. The Bertz CT molecular complexity index is 1000. The van der Waals surface area contributed by atoms with Gasteiger partial charge >= 0.3 is 0 Å². The first-order valence-corrected chi connectivity index (χ1v) is 10.2. The lowest BCUT2D eigenvalue weighted by Gasteiger charge is -2.38. The number of aryl methyl sites for hydroxylation is 1. The normalized spacial score (nSPS) is 16.6. The van der Waals surface area contributed by atoms with E-state index < -0.39 is 0 Å². The summed E-state index contributed by atoms with van der Waals surface area (Å²) in [4.78, 5) is 18.9. The number of anilines is 1. The molecule has 1 aliphatic heterocycles. The minimum atomic E-state index is -0.282. The van der Waals surface area contributed by atoms with Crippen molar-refractivity contribution in [2.24, 2.45) is 0 Å². The molecule has 30 heavy (non-hydrogen) atoms. The van der Waals surface area contributed by atoms with E-state index in [2.05, 4.69) is 33.7 Å². The molecule has 3 heterocycles. The fourth-order valence-electron chi connectivity index (χ4n) is 3.83. The van der Waals surface area contributed by atoms with Gasteiger partial charge in [-0.3, -0.25) is 4.90 Å². The molecule has 0 unspecified atom stereocenters. The lowest BCUT2D eigenvalue weighted by Crippen LogP contribution is -2.48. The van der Waals surface area contributed by atoms with Crippen LogP contribution in [0.15, 0.2) is 36.5 Å². The average Bonchev–Trinajstić information content (AvgIpc) is 3.12. The number of nitrogens with two attached hydrogens (primary N) is 1. The number of nitrogens with one attached hydrogen (secondary N) is 1. The first kappa shape index (κ1) is 20.4. The predicted molar refractivity (Wildman–Crippen MR) is 114 cm³/mol. The largest absolute Gasteiger partial charge is 0.373 e. The molecule has 1 saturated heterocycles. The first-order valence-electron chi connectivity index (χ1n) is 10.2. The molecule has 0 aliphatic carbocycles. The second kappa shape index (κ2) is 8.49. The van der Waals surface area contributed by atoms with Crippen LogP contribution < -0.4 is 5.73 Å². The molecule has 2 aromatic heterocycles. The van der Waals surface area contributed by atoms with Crippen molar-refractivity contribution < 1.29 is 9.13 Å². The third kappa shape index (κ3) is 4.83. The van der Waals surface area contributed by atoms with Crippen molar-refractivity contribution in [3.63, 3.8) is 0 Å². The number of benzene rings is 1. The van der Waals surface area contributed by atoms with Crippen molar-refractivity contribution in [1.29, 1.82) is 0 Å². The molecule has 3 aromatic rings. The Kier molecular flexibility index (Phi) is 5.78. The van der Waals surface area contributed by atoms with Gasteiger partial charge in [-0.25, -0.2) is 19.3 Å². The first-order chi connectivity index (χ1) is 14.4. The van der Waals surface area contributed by atoms with Gasteiger partial charge < -0.3 is 15.5 Å². The molecule has 0 bridgehead atoms. The molecule has 4 rings (SSSR count). The quantitative estimate of drug-likeness (QED) is 0.648. The molecule has 158 valence electrons. The molecule has 0 amide bonds. The maximum Gasteiger partial charge on any atom is 0.220 e. The third-order valence-electron chi connectivity index (χ3n) is 5.19. The molecule has 8 heteroatoms. The van der Waals surface area contributed by atoms with Gasteiger partial charge in [0.1, 0.15) is 11.6 Å². The Morgan fingerprint density at radius 2 is 2.00 bits per heavy atom. The zero-order chi connectivity index (χ0) is 21.1. The van der Waals surface area contributed by atoms with E-state index in [0.717, 1.165) is 61.9 Å². The lowest BCUT2D eigenvalue weighted by molar-refractivity contribution is -0.0860. The monoisotopic (exact) mass is 410 g/mol. The van der Waals surface area contributed by atoms with Crippen LogP contribution in [0, 0.1) is 5.82 Å². The van der Waals surface area contributed by atoms with E-state index >= 15 is 0 Å². The Morgan fingerprint density at radius 3 is 2.73 bits per heavy atom. The summed E-state index contributed by atoms with van der Waals surface area (Å²) >= 11 is 0. The van der Waals surface area contributed by atoms with Crippen LogP contribution in [0.25, 0.3) is 22.6 Å². The van der Waals surface area contributed by atoms with Gasteiger partial charge in [0.25, 0.3) is 0 Å². The second-order valence-corrected chi connectivity index (χ2v) is 8.20. The fraction of sp³-hybridized carbons (Fsp3) is 0.409. The summed E-state index contributed by atoms with van der Waals surface area (Å²) in [6.45, 7) is 7.88. The van der Waals surface area contributed by atoms with Crippen molar-refractivity contribution in [2.75, 3.05) is 32.0 Å². The van der Waals surface area contributed by atoms with Crippen molar-refractivity contribution in [1.82, 2.24) is 24.8 Å². The van der Waals surface area contributed by atoms with Crippen LogP contribution in [-0.2, 0) is 11.2 Å². The third-order valence-corrected chi connectivity index (χ3v) is 5.19. The summed E-state index contributed by atoms with van der Waals surface area (Å²) < 4.78 is 19.2. The molecule has 0 atom stereocenters. The molecule has 1 aliphatic rings. The lowest BCUT2D eigenvalue weighted by atomic mass is 10.1. The smallest absolute Gasteiger partial charge is 0.220 e. The van der Waals surface area contributed by atoms with Crippen LogP contribution in [0.3, 0.4) is 0 Å². The highest BCUT2D eigenvalue weighted by atomic mass is 19.1. The fourth-order valence-corrected chi connectivity index (χ4v) is 3.83. The van der Waals surface area contributed by atoms with Crippen LogP contribution in [0.2, 0.25) is 0 Å². The Balaban J connectivity index is 1.54. The van der Waals surface area contributed by atoms with Gasteiger partial charge in [-0.2, -0.15) is 0 Å². The summed E-state index contributed by atoms with van der Waals surface area (Å²) in [7, 11) is 0. The average molecular weight is 410 g/mol. The number of morpholine rings is 1. The van der Waals surface area contributed by atoms with E-state index in [1.807, 2.05) is 0 Å². The number of aromatic nitrogens is 4. The van der Waals surface area contributed by atoms with Gasteiger partial charge in [0.05, 0.1) is 29.3 Å². The van der Waals surface area contributed by atoms with Crippen molar-refractivity contribution in [3.05, 3.63) is 48.2 Å². The number of hydrogen-bond donors (Lipinski definition) is 2. The van der Waals surface area contributed by atoms with E-state index in [1.165, 1.54) is 12.1 Å². The van der Waals surface area contributed by atoms with Gasteiger partial charge in [-0.1, -0.05) is 0 Å². The topological polar surface area (TPSA) is 93.0 Å². The zero-order valence-corrected chi connectivity index (χ0v) is 17.4. The second-order valence-electron chi connectivity index (χ2n) is 8.20. The zero-order valence-electron chi connectivity index (χ0n) is 17.4. The van der Waals surface area contributed by atoms with Crippen molar-refractivity contribution in [3.8, 4) is 22.6 Å². The number of hydrogen-bond acceptors (Lipinski definition) is 6. The maximum absolute atomic E-state index is 13.4. The van der Waals surface area contributed by atoms with Crippen LogP contribution in [0.1, 0.15) is 26.1 Å². The SMILES string of the molecule is CC1(C)CN(CCCc2nc(-c3ccc(F)cc3)c(-c3ccnc(N)n3)[nH]2)CCO1. The molecule has 7 nitrogen and oxygen atoms in total. The van der Waals surface area contributed by atoms with E-state index in [0.29, 0.717) is 5.69 Å². The maximum atomic E-state index is 13.4. The van der Waals surface area contributed by atoms with Crippen molar-refractivity contribution in [2.45, 2.75) is 32.3 Å². The summed E-state index contributed by atoms with van der Waals surface area (Å²) in [6, 6.07) is 8.10. The van der Waals surface area contributed by atoms with Gasteiger partial charge in [0.15, 0.2) is 0 Å². The molecule has 0 saturated carbocycles. The molecule has 3 N–H and O–H groups in total. The summed E-state index contributed by atoms with van der Waals surface area (Å²) in [5.41, 5.74) is 8.65. The number of H-pyrrole nitrogens is 1. The van der Waals surface area contributed by atoms with Crippen LogP contribution in [-0.4, -0.2) is 56.7 Å². The Labute approximate surface area is 175 Å². The Hall–Kier alpha value is -2.84. The van der Waals surface area contributed by atoms with E-state index in [4.69, 9.17) is 15.5 Å². The summed E-state index contributed by atoms with van der Waals surface area (Å²) in [5, 5.41) is 0. The number of nitrogens with zero attached hydrogens (tertiary/aromatic N) is 4. The van der Waals surface area contributed by atoms with Crippen molar-refractivity contribution >= 4 is 5.95 Å². The van der Waals surface area contributed by atoms with Gasteiger partial charge in [-0.05, 0) is 57.1 Å². The summed E-state index contributed by atoms with van der Waals surface area (Å²) in [6.07, 6.45) is 3.39. The molecule has 1 aromatic carbocycles. The van der Waals surface area contributed by atoms with E-state index in [1.54, 1.807) is 24.4 Å². The van der Waals surface area contributed by atoms with Crippen LogP contribution in [0.4, 0.5) is 10.3 Å². The highest BCUT2D eigenvalue weighted by Crippen LogP contribution is 2.29. The number of rotatable bonds is 6. The highest BCUT2D eigenvalue weighted by Gasteiger charge is 2.26. The number of aromatic amines is 1. The van der Waals surface area contributed by atoms with Gasteiger partial charge in [0, 0.05) is 31.3 Å². The molecule has 1 fully saturated rings. The number of halogens is 1. The predicted octanol–water partition coefficient (Wildman–Crippen LogP) is 3.30. The Morgan fingerprint density at radius 1 is 1.20 bits per heavy atom. The van der Waals surface area contributed by atoms with Crippen LogP contribution >= 0.6 is 0 Å². The standard InChI is InChI=1S/C22H27FN6O/c1-22(2)14-29(12-13-30-22)11-3-4-18-27-19(15-5-7-16(23)8-6-15)20(28-18)17-9-10-25-21(24)26-17/h5-10H,3-4,11-14H2,1-2H3,(H,27,28)(H2,24,25,26). The number of imidazole rings is 1. The molecular formula is C22H27FN6O. The molecule has 0 radical (unpaired) electrons. The van der Waals surface area contributed by atoms with Gasteiger partial charge in [0.2, 0.25) is 5.95 Å². The van der Waals surface area contributed by atoms with Gasteiger partial charge in [-0.15, -0.1) is 0 Å². The number of ether oxygens (including phenoxy) is 1. The highest BCUT2D eigenvalue weighted by molar-refractivity contribution is 5.76. The van der Waals surface area contributed by atoms with Crippen LogP contribution in [0.5, 0.6) is 0 Å². The molecule has 0 spiro atoms. The number of nitrogen functional groups attached to an aromatic ring is 1.